The number of nitrogens with zero attached hydrogens (tertiary/aromatic N) is 6. The molecule has 0 spiro atoms. The number of anilines is 4. The number of rotatable bonds is 4. The minimum Gasteiger partial charge on any atom is -0.457 e. The molecule has 0 atom stereocenters. The highest BCUT2D eigenvalue weighted by molar-refractivity contribution is 5.60. The van der Waals surface area contributed by atoms with Gasteiger partial charge in [0.25, 0.3) is 0 Å². The molecule has 0 saturated carbocycles. The number of ether oxygens (including phenoxy) is 1. The van der Waals surface area contributed by atoms with E-state index in [1.165, 1.54) is 0 Å². The lowest BCUT2D eigenvalue weighted by Crippen LogP contribution is -2.04. The summed E-state index contributed by atoms with van der Waals surface area (Å²) < 4.78 is 5.85. The van der Waals surface area contributed by atoms with Gasteiger partial charge in [0.15, 0.2) is 11.6 Å². The Balaban J connectivity index is 0.00000256. The average Bonchev–Trinajstić information content (AvgIpc) is 2.68. The molecule has 2 aromatic heterocycles. The number of hydrogen-bond acceptors (Lipinski definition) is 11. The van der Waals surface area contributed by atoms with E-state index in [4.69, 9.17) is 27.7 Å². The van der Waals surface area contributed by atoms with Crippen molar-refractivity contribution in [3.8, 4) is 34.3 Å². The third-order valence-corrected chi connectivity index (χ3v) is 3.80. The molecule has 0 unspecified atom stereocenters. The molecule has 0 aliphatic carbocycles. The van der Waals surface area contributed by atoms with E-state index in [2.05, 4.69) is 29.9 Å². The average molecular weight is 406 g/mol. The maximum absolute atomic E-state index is 5.85. The van der Waals surface area contributed by atoms with Gasteiger partial charge in [-0.05, 0) is 48.5 Å². The van der Waals surface area contributed by atoms with E-state index < -0.39 is 0 Å². The van der Waals surface area contributed by atoms with Gasteiger partial charge in [-0.1, -0.05) is 0 Å². The van der Waals surface area contributed by atoms with Crippen LogP contribution in [0.2, 0.25) is 0 Å². The van der Waals surface area contributed by atoms with Crippen molar-refractivity contribution in [2.75, 3.05) is 22.9 Å². The van der Waals surface area contributed by atoms with Gasteiger partial charge < -0.3 is 33.1 Å². The standard InChI is InChI=1S/C18H16N10O.H2O/c19-15-23-13(24-16(20)27-15)9-1-5-11(6-2-9)29-12-7-3-10(4-8-12)14-25-17(21)28-18(22)26-14;/h1-8H,(H4,19,20,23,24,27)(H4,21,22,25,26,28);1H2. The van der Waals surface area contributed by atoms with Crippen LogP contribution in [0.1, 0.15) is 0 Å². The van der Waals surface area contributed by atoms with Gasteiger partial charge in [0.1, 0.15) is 11.5 Å². The van der Waals surface area contributed by atoms with Crippen molar-refractivity contribution < 1.29 is 10.2 Å². The second kappa shape index (κ2) is 8.20. The van der Waals surface area contributed by atoms with Crippen LogP contribution in [0, 0.1) is 0 Å². The van der Waals surface area contributed by atoms with Crippen LogP contribution < -0.4 is 27.7 Å². The Labute approximate surface area is 170 Å². The first-order valence-electron chi connectivity index (χ1n) is 8.39. The molecule has 0 fully saturated rings. The first kappa shape index (κ1) is 20.2. The summed E-state index contributed by atoms with van der Waals surface area (Å²) in [4.78, 5) is 23.8. The molecule has 2 aromatic carbocycles. The Hall–Kier alpha value is -4.58. The van der Waals surface area contributed by atoms with Crippen molar-refractivity contribution in [2.45, 2.75) is 0 Å². The lowest BCUT2D eigenvalue weighted by atomic mass is 10.2. The second-order valence-electron chi connectivity index (χ2n) is 5.90. The van der Waals surface area contributed by atoms with Gasteiger partial charge in [-0.25, -0.2) is 0 Å². The summed E-state index contributed by atoms with van der Waals surface area (Å²) in [6, 6.07) is 14.3. The summed E-state index contributed by atoms with van der Waals surface area (Å²) >= 11 is 0. The van der Waals surface area contributed by atoms with Crippen LogP contribution in [0.3, 0.4) is 0 Å². The highest BCUT2D eigenvalue weighted by Crippen LogP contribution is 2.26. The van der Waals surface area contributed by atoms with Crippen LogP contribution >= 0.6 is 0 Å². The van der Waals surface area contributed by atoms with E-state index in [0.29, 0.717) is 23.1 Å². The normalized spacial score (nSPS) is 10.3. The summed E-state index contributed by atoms with van der Waals surface area (Å²) in [6.45, 7) is 0. The molecule has 0 aliphatic heterocycles. The molecular formula is C18H18N10O2. The van der Waals surface area contributed by atoms with Gasteiger partial charge in [-0.3, -0.25) is 0 Å². The zero-order valence-electron chi connectivity index (χ0n) is 15.5. The van der Waals surface area contributed by atoms with Gasteiger partial charge >= 0.3 is 0 Å². The smallest absolute Gasteiger partial charge is 0.225 e. The molecule has 4 aromatic rings. The Bertz CT molecular complexity index is 1030. The number of aromatic nitrogens is 6. The minimum atomic E-state index is 0. The fourth-order valence-electron chi connectivity index (χ4n) is 2.56. The molecule has 0 aliphatic rings. The van der Waals surface area contributed by atoms with E-state index >= 15 is 0 Å². The zero-order chi connectivity index (χ0) is 20.4. The predicted octanol–water partition coefficient (Wildman–Crippen LogP) is 0.687. The molecule has 0 radical (unpaired) electrons. The van der Waals surface area contributed by atoms with E-state index in [-0.39, 0.29) is 29.3 Å². The molecule has 10 N–H and O–H groups in total. The molecule has 4 rings (SSSR count). The number of nitrogen functional groups attached to an aromatic ring is 4. The Morgan fingerprint density at radius 2 is 0.767 bits per heavy atom. The van der Waals surface area contributed by atoms with Gasteiger partial charge in [-0.2, -0.15) is 29.9 Å². The van der Waals surface area contributed by atoms with Crippen molar-refractivity contribution in [3.05, 3.63) is 48.5 Å². The van der Waals surface area contributed by atoms with Crippen LogP contribution in [-0.4, -0.2) is 35.4 Å². The minimum absolute atomic E-state index is 0. The van der Waals surface area contributed by atoms with Gasteiger partial charge in [0.05, 0.1) is 0 Å². The van der Waals surface area contributed by atoms with Gasteiger partial charge in [0, 0.05) is 11.1 Å². The molecular weight excluding hydrogens is 388 g/mol. The van der Waals surface area contributed by atoms with Crippen LogP contribution in [-0.2, 0) is 0 Å². The maximum atomic E-state index is 5.85. The lowest BCUT2D eigenvalue weighted by Gasteiger charge is -2.08. The van der Waals surface area contributed by atoms with Crippen LogP contribution in [0.4, 0.5) is 23.8 Å². The fourth-order valence-corrected chi connectivity index (χ4v) is 2.56. The van der Waals surface area contributed by atoms with E-state index in [0.717, 1.165) is 11.1 Å². The van der Waals surface area contributed by atoms with E-state index in [1.54, 1.807) is 48.5 Å². The highest BCUT2D eigenvalue weighted by Gasteiger charge is 2.08. The lowest BCUT2D eigenvalue weighted by molar-refractivity contribution is 0.483. The first-order valence-corrected chi connectivity index (χ1v) is 8.39. The molecule has 0 bridgehead atoms. The zero-order valence-corrected chi connectivity index (χ0v) is 15.5. The number of nitrogens with two attached hydrogens (primary N) is 4. The number of benzene rings is 2. The molecule has 12 heteroatoms. The van der Waals surface area contributed by atoms with Crippen molar-refractivity contribution in [3.63, 3.8) is 0 Å². The van der Waals surface area contributed by atoms with Gasteiger partial charge in [0.2, 0.25) is 23.8 Å². The maximum Gasteiger partial charge on any atom is 0.225 e. The quantitative estimate of drug-likeness (QED) is 0.369. The van der Waals surface area contributed by atoms with E-state index in [9.17, 15) is 0 Å². The summed E-state index contributed by atoms with van der Waals surface area (Å²) in [6.07, 6.45) is 0. The predicted molar refractivity (Wildman–Crippen MR) is 112 cm³/mol. The van der Waals surface area contributed by atoms with Crippen molar-refractivity contribution in [1.29, 1.82) is 0 Å². The third kappa shape index (κ3) is 4.45. The summed E-state index contributed by atoms with van der Waals surface area (Å²) in [5.41, 5.74) is 23.9. The van der Waals surface area contributed by atoms with Crippen LogP contribution in [0.15, 0.2) is 48.5 Å². The molecule has 0 amide bonds. The third-order valence-electron chi connectivity index (χ3n) is 3.80. The monoisotopic (exact) mass is 406 g/mol. The summed E-state index contributed by atoms with van der Waals surface area (Å²) in [5.74, 6) is 2.30. The Kier molecular flexibility index (Phi) is 5.51. The Morgan fingerprint density at radius 1 is 0.467 bits per heavy atom. The van der Waals surface area contributed by atoms with Crippen LogP contribution in [0.5, 0.6) is 11.5 Å². The number of hydrogen-bond donors (Lipinski definition) is 4. The second-order valence-corrected chi connectivity index (χ2v) is 5.90. The molecule has 2 heterocycles. The molecule has 12 nitrogen and oxygen atoms in total. The van der Waals surface area contributed by atoms with Crippen LogP contribution in [0.25, 0.3) is 22.8 Å². The summed E-state index contributed by atoms with van der Waals surface area (Å²) in [5, 5.41) is 0. The Morgan fingerprint density at radius 3 is 1.07 bits per heavy atom. The SMILES string of the molecule is Nc1nc(N)nc(-c2ccc(Oc3ccc(-c4nc(N)nc(N)n4)cc3)cc2)n1.O. The largest absolute Gasteiger partial charge is 0.457 e. The van der Waals surface area contributed by atoms with Crippen molar-refractivity contribution >= 4 is 23.8 Å². The van der Waals surface area contributed by atoms with Gasteiger partial charge in [-0.15, -0.1) is 0 Å². The highest BCUT2D eigenvalue weighted by atomic mass is 16.5. The van der Waals surface area contributed by atoms with E-state index in [1.807, 2.05) is 0 Å². The fraction of sp³-hybridized carbons (Fsp3) is 0. The van der Waals surface area contributed by atoms with Crippen molar-refractivity contribution in [1.82, 2.24) is 29.9 Å². The molecule has 30 heavy (non-hydrogen) atoms. The van der Waals surface area contributed by atoms with Crippen molar-refractivity contribution in [2.24, 2.45) is 0 Å². The summed E-state index contributed by atoms with van der Waals surface area (Å²) in [7, 11) is 0. The molecule has 0 saturated heterocycles. The topological polar surface area (TPSA) is 222 Å². The first-order chi connectivity index (χ1) is 14.0. The molecule has 152 valence electrons.